The second kappa shape index (κ2) is 5.15. The minimum atomic E-state index is 0.0453. The van der Waals surface area contributed by atoms with Crippen molar-refractivity contribution in [2.75, 3.05) is 0 Å². The lowest BCUT2D eigenvalue weighted by Gasteiger charge is -2.21. The molecule has 0 aromatic rings. The maximum Gasteiger partial charge on any atom is 0.129 e. The van der Waals surface area contributed by atoms with Gasteiger partial charge in [-0.1, -0.05) is 20.8 Å². The first-order chi connectivity index (χ1) is 5.85. The van der Waals surface area contributed by atoms with Crippen molar-refractivity contribution in [1.29, 1.82) is 0 Å². The zero-order chi connectivity index (χ0) is 10.5. The fourth-order valence-electron chi connectivity index (χ4n) is 1.39. The highest BCUT2D eigenvalue weighted by Crippen LogP contribution is 2.25. The Morgan fingerprint density at radius 3 is 2.23 bits per heavy atom. The monoisotopic (exact) mass is 184 g/mol. The van der Waals surface area contributed by atoms with E-state index in [0.29, 0.717) is 12.8 Å². The molecule has 0 fully saturated rings. The van der Waals surface area contributed by atoms with Gasteiger partial charge >= 0.3 is 0 Å². The molecule has 0 aliphatic heterocycles. The molecule has 0 radical (unpaired) electrons. The zero-order valence-corrected chi connectivity index (χ0v) is 9.09. The fraction of sp³-hybridized carbons (Fsp3) is 0.818. The van der Waals surface area contributed by atoms with Gasteiger partial charge in [-0.05, 0) is 25.2 Å². The molecule has 1 unspecified atom stereocenters. The SMILES string of the molecule is CC(=O)CCC(C=O)CC(C)(C)C. The quantitative estimate of drug-likeness (QED) is 0.615. The van der Waals surface area contributed by atoms with E-state index in [0.717, 1.165) is 12.7 Å². The molecule has 0 aromatic carbocycles. The van der Waals surface area contributed by atoms with E-state index in [1.54, 1.807) is 6.92 Å². The van der Waals surface area contributed by atoms with Crippen LogP contribution in [0.1, 0.15) is 47.0 Å². The molecule has 2 nitrogen and oxygen atoms in total. The number of ketones is 1. The summed E-state index contributed by atoms with van der Waals surface area (Å²) in [5.41, 5.74) is 0.169. The summed E-state index contributed by atoms with van der Waals surface area (Å²) in [7, 11) is 0. The Kier molecular flexibility index (Phi) is 4.89. The molecule has 0 N–H and O–H groups in total. The molecule has 0 amide bonds. The molecular weight excluding hydrogens is 164 g/mol. The van der Waals surface area contributed by atoms with Crippen LogP contribution in [-0.2, 0) is 9.59 Å². The number of carbonyl (C=O) groups excluding carboxylic acids is 2. The first-order valence-electron chi connectivity index (χ1n) is 4.80. The van der Waals surface area contributed by atoms with Crippen LogP contribution in [0, 0.1) is 11.3 Å². The molecule has 0 saturated carbocycles. The summed E-state index contributed by atoms with van der Waals surface area (Å²) in [5.74, 6) is 0.213. The largest absolute Gasteiger partial charge is 0.303 e. The molecule has 0 aliphatic carbocycles. The van der Waals surface area contributed by atoms with Crippen LogP contribution in [0.4, 0.5) is 0 Å². The van der Waals surface area contributed by atoms with E-state index in [2.05, 4.69) is 20.8 Å². The van der Waals surface area contributed by atoms with Gasteiger partial charge in [0.2, 0.25) is 0 Å². The fourth-order valence-corrected chi connectivity index (χ4v) is 1.39. The molecule has 1 atom stereocenters. The van der Waals surface area contributed by atoms with E-state index in [1.165, 1.54) is 0 Å². The van der Waals surface area contributed by atoms with Crippen molar-refractivity contribution in [3.63, 3.8) is 0 Å². The number of Topliss-reactive ketones (excluding diaryl/α,β-unsaturated/α-hetero) is 1. The molecule has 0 heterocycles. The van der Waals surface area contributed by atoms with Gasteiger partial charge in [-0.25, -0.2) is 0 Å². The lowest BCUT2D eigenvalue weighted by atomic mass is 9.83. The number of hydrogen-bond donors (Lipinski definition) is 0. The summed E-state index contributed by atoms with van der Waals surface area (Å²) in [6.45, 7) is 7.89. The number of carbonyl (C=O) groups is 2. The van der Waals surface area contributed by atoms with Crippen molar-refractivity contribution in [2.24, 2.45) is 11.3 Å². The Morgan fingerprint density at radius 1 is 1.38 bits per heavy atom. The van der Waals surface area contributed by atoms with Crippen LogP contribution in [0.5, 0.6) is 0 Å². The summed E-state index contributed by atoms with van der Waals surface area (Å²) in [5, 5.41) is 0. The van der Waals surface area contributed by atoms with Crippen LogP contribution in [0.2, 0.25) is 0 Å². The van der Waals surface area contributed by atoms with Crippen molar-refractivity contribution in [3.8, 4) is 0 Å². The molecule has 0 saturated heterocycles. The molecule has 2 heteroatoms. The molecule has 76 valence electrons. The minimum Gasteiger partial charge on any atom is -0.303 e. The molecule has 13 heavy (non-hydrogen) atoms. The smallest absolute Gasteiger partial charge is 0.129 e. The third-order valence-corrected chi connectivity index (χ3v) is 1.93. The van der Waals surface area contributed by atoms with Gasteiger partial charge in [0.25, 0.3) is 0 Å². The van der Waals surface area contributed by atoms with Gasteiger partial charge in [0.05, 0.1) is 0 Å². The van der Waals surface area contributed by atoms with Gasteiger partial charge in [-0.15, -0.1) is 0 Å². The lowest BCUT2D eigenvalue weighted by molar-refractivity contribution is -0.117. The first-order valence-corrected chi connectivity index (χ1v) is 4.80. The maximum absolute atomic E-state index is 10.7. The van der Waals surface area contributed by atoms with Crippen molar-refractivity contribution < 1.29 is 9.59 Å². The van der Waals surface area contributed by atoms with Crippen LogP contribution < -0.4 is 0 Å². The highest BCUT2D eigenvalue weighted by atomic mass is 16.1. The standard InChI is InChI=1S/C11H20O2/c1-9(13)5-6-10(8-12)7-11(2,3)4/h8,10H,5-7H2,1-4H3. The minimum absolute atomic E-state index is 0.0453. The van der Waals surface area contributed by atoms with Gasteiger partial charge in [0, 0.05) is 12.3 Å². The zero-order valence-electron chi connectivity index (χ0n) is 9.09. The molecule has 0 rings (SSSR count). The van der Waals surface area contributed by atoms with Crippen molar-refractivity contribution in [3.05, 3.63) is 0 Å². The third-order valence-electron chi connectivity index (χ3n) is 1.93. The van der Waals surface area contributed by atoms with Gasteiger partial charge in [0.15, 0.2) is 0 Å². The van der Waals surface area contributed by atoms with E-state index >= 15 is 0 Å². The topological polar surface area (TPSA) is 34.1 Å². The second-order valence-corrected chi connectivity index (χ2v) is 4.90. The number of rotatable bonds is 5. The summed E-state index contributed by atoms with van der Waals surface area (Å²) >= 11 is 0. The van der Waals surface area contributed by atoms with Crippen LogP contribution in [-0.4, -0.2) is 12.1 Å². The number of hydrogen-bond acceptors (Lipinski definition) is 2. The van der Waals surface area contributed by atoms with Gasteiger partial charge in [0.1, 0.15) is 12.1 Å². The van der Waals surface area contributed by atoms with E-state index in [1.807, 2.05) is 0 Å². The summed E-state index contributed by atoms with van der Waals surface area (Å²) < 4.78 is 0. The Labute approximate surface area is 80.7 Å². The average Bonchev–Trinajstić information content (AvgIpc) is 1.95. The third kappa shape index (κ3) is 7.69. The van der Waals surface area contributed by atoms with Gasteiger partial charge < -0.3 is 9.59 Å². The van der Waals surface area contributed by atoms with Crippen LogP contribution in [0.3, 0.4) is 0 Å². The van der Waals surface area contributed by atoms with Crippen molar-refractivity contribution >= 4 is 12.1 Å². The average molecular weight is 184 g/mol. The molecule has 0 spiro atoms. The Morgan fingerprint density at radius 2 is 1.92 bits per heavy atom. The van der Waals surface area contributed by atoms with Crippen LogP contribution >= 0.6 is 0 Å². The van der Waals surface area contributed by atoms with Gasteiger partial charge in [-0.2, -0.15) is 0 Å². The summed E-state index contributed by atoms with van der Waals surface area (Å²) in [6.07, 6.45) is 3.08. The van der Waals surface area contributed by atoms with Gasteiger partial charge in [-0.3, -0.25) is 0 Å². The first kappa shape index (κ1) is 12.3. The predicted molar refractivity (Wildman–Crippen MR) is 53.5 cm³/mol. The molecule has 0 aromatic heterocycles. The molecule has 0 aliphatic rings. The van der Waals surface area contributed by atoms with Crippen LogP contribution in [0.15, 0.2) is 0 Å². The normalized spacial score (nSPS) is 13.8. The second-order valence-electron chi connectivity index (χ2n) is 4.90. The molecule has 0 bridgehead atoms. The Balaban J connectivity index is 3.90. The Hall–Kier alpha value is -0.660. The van der Waals surface area contributed by atoms with E-state index in [-0.39, 0.29) is 17.1 Å². The number of aldehydes is 1. The highest BCUT2D eigenvalue weighted by Gasteiger charge is 2.18. The van der Waals surface area contributed by atoms with Crippen molar-refractivity contribution in [2.45, 2.75) is 47.0 Å². The summed E-state index contributed by atoms with van der Waals surface area (Å²) in [6, 6.07) is 0. The predicted octanol–water partition coefficient (Wildman–Crippen LogP) is 2.61. The van der Waals surface area contributed by atoms with Crippen LogP contribution in [0.25, 0.3) is 0 Å². The van der Waals surface area contributed by atoms with E-state index < -0.39 is 0 Å². The lowest BCUT2D eigenvalue weighted by Crippen LogP contribution is -2.15. The van der Waals surface area contributed by atoms with E-state index in [4.69, 9.17) is 0 Å². The van der Waals surface area contributed by atoms with E-state index in [9.17, 15) is 9.59 Å². The highest BCUT2D eigenvalue weighted by molar-refractivity contribution is 5.75. The maximum atomic E-state index is 10.7. The van der Waals surface area contributed by atoms with Crippen molar-refractivity contribution in [1.82, 2.24) is 0 Å². The molecular formula is C11H20O2. The summed E-state index contributed by atoms with van der Waals surface area (Å²) in [4.78, 5) is 21.4. The Bertz CT molecular complexity index is 177.